The van der Waals surface area contributed by atoms with E-state index in [1.165, 1.54) is 25.7 Å². The van der Waals surface area contributed by atoms with E-state index in [9.17, 15) is 13.5 Å². The number of pyridine rings is 1. The first kappa shape index (κ1) is 28.0. The highest BCUT2D eigenvalue weighted by Gasteiger charge is 2.17. The Morgan fingerprint density at radius 1 is 0.975 bits per heavy atom. The van der Waals surface area contributed by atoms with Crippen molar-refractivity contribution in [3.63, 3.8) is 0 Å². The van der Waals surface area contributed by atoms with Gasteiger partial charge < -0.3 is 14.8 Å². The Hall–Kier alpha value is -3.53. The van der Waals surface area contributed by atoms with Crippen LogP contribution >= 0.6 is 0 Å². The third kappa shape index (κ3) is 7.56. The van der Waals surface area contributed by atoms with E-state index < -0.39 is 16.1 Å². The molecule has 4 aromatic rings. The third-order valence-electron chi connectivity index (χ3n) is 7.45. The quantitative estimate of drug-likeness (QED) is 0.184. The number of aliphatic hydroxyl groups excluding tert-OH is 1. The van der Waals surface area contributed by atoms with E-state index in [1.54, 1.807) is 61.1 Å². The first-order chi connectivity index (χ1) is 19.5. The molecule has 9 heteroatoms. The summed E-state index contributed by atoms with van der Waals surface area (Å²) < 4.78 is 34.5. The maximum atomic E-state index is 13.0. The van der Waals surface area contributed by atoms with Crippen LogP contribution in [0.2, 0.25) is 0 Å². The summed E-state index contributed by atoms with van der Waals surface area (Å²) >= 11 is 0. The zero-order valence-corrected chi connectivity index (χ0v) is 23.3. The molecular formula is C31H36N4O4S. The molecule has 8 nitrogen and oxygen atoms in total. The highest BCUT2D eigenvalue weighted by Crippen LogP contribution is 2.29. The number of rotatable bonds is 13. The van der Waals surface area contributed by atoms with Gasteiger partial charge in [0.05, 0.1) is 17.2 Å². The predicted octanol–water partition coefficient (Wildman–Crippen LogP) is 5.53. The largest absolute Gasteiger partial charge is 0.441 e. The highest BCUT2D eigenvalue weighted by molar-refractivity contribution is 7.92. The zero-order valence-electron chi connectivity index (χ0n) is 22.5. The number of oxazole rings is 1. The van der Waals surface area contributed by atoms with E-state index in [4.69, 9.17) is 4.42 Å². The number of aromatic nitrogens is 2. The van der Waals surface area contributed by atoms with Crippen LogP contribution in [0.5, 0.6) is 0 Å². The highest BCUT2D eigenvalue weighted by atomic mass is 32.2. The Balaban J connectivity index is 1.10. The first-order valence-electron chi connectivity index (χ1n) is 13.9. The van der Waals surface area contributed by atoms with Gasteiger partial charge in [-0.25, -0.2) is 13.4 Å². The number of nitrogens with one attached hydrogen (secondary N) is 2. The fraction of sp³-hybridized carbons (Fsp3) is 0.355. The molecule has 1 aliphatic rings. The van der Waals surface area contributed by atoms with Crippen molar-refractivity contribution in [3.05, 3.63) is 96.3 Å². The van der Waals surface area contributed by atoms with Crippen LogP contribution < -0.4 is 10.0 Å². The Morgan fingerprint density at radius 2 is 1.75 bits per heavy atom. The molecule has 1 fully saturated rings. The van der Waals surface area contributed by atoms with E-state index >= 15 is 0 Å². The van der Waals surface area contributed by atoms with E-state index in [2.05, 4.69) is 20.0 Å². The van der Waals surface area contributed by atoms with Crippen molar-refractivity contribution in [2.45, 2.75) is 55.9 Å². The summed E-state index contributed by atoms with van der Waals surface area (Å²) in [6.07, 6.45) is 12.4. The lowest BCUT2D eigenvalue weighted by molar-refractivity contribution is 0.174. The minimum atomic E-state index is -3.74. The lowest BCUT2D eigenvalue weighted by atomic mass is 10.0. The number of hydrogen-bond donors (Lipinski definition) is 3. The molecule has 0 radical (unpaired) electrons. The van der Waals surface area contributed by atoms with Crippen LogP contribution in [0.4, 0.5) is 5.69 Å². The molecule has 2 aromatic carbocycles. The van der Waals surface area contributed by atoms with Gasteiger partial charge >= 0.3 is 0 Å². The van der Waals surface area contributed by atoms with Crippen molar-refractivity contribution < 1.29 is 17.9 Å². The van der Waals surface area contributed by atoms with E-state index in [-0.39, 0.29) is 4.90 Å². The summed E-state index contributed by atoms with van der Waals surface area (Å²) in [4.78, 5) is 8.62. The van der Waals surface area contributed by atoms with Crippen LogP contribution in [0.3, 0.4) is 0 Å². The normalized spacial score (nSPS) is 14.8. The average molecular weight is 561 g/mol. The van der Waals surface area contributed by atoms with Gasteiger partial charge in [-0.2, -0.15) is 0 Å². The number of benzene rings is 2. The average Bonchev–Trinajstić information content (AvgIpc) is 3.68. The minimum absolute atomic E-state index is 0.178. The lowest BCUT2D eigenvalue weighted by Crippen LogP contribution is -2.23. The van der Waals surface area contributed by atoms with Gasteiger partial charge in [-0.3, -0.25) is 9.71 Å². The second-order valence-corrected chi connectivity index (χ2v) is 12.1. The minimum Gasteiger partial charge on any atom is -0.441 e. The van der Waals surface area contributed by atoms with Crippen molar-refractivity contribution in [2.24, 2.45) is 5.92 Å². The zero-order chi connectivity index (χ0) is 27.8. The van der Waals surface area contributed by atoms with Crippen LogP contribution in [0.25, 0.3) is 11.3 Å². The second kappa shape index (κ2) is 13.2. The van der Waals surface area contributed by atoms with Gasteiger partial charge in [0.1, 0.15) is 0 Å². The molecule has 0 spiro atoms. The number of sulfonamides is 1. The molecule has 1 aliphatic carbocycles. The molecule has 40 heavy (non-hydrogen) atoms. The van der Waals surface area contributed by atoms with E-state index in [0.29, 0.717) is 24.5 Å². The molecule has 3 N–H and O–H groups in total. The van der Waals surface area contributed by atoms with E-state index in [0.717, 1.165) is 47.8 Å². The standard InChI is InChI=1S/C31H36N4O4S/c36-29(26-6-3-18-32-20-26)21-33-19-17-24-7-12-27(13-8-24)35-40(37,38)28-14-10-25(11-15-28)30-22-34-31(39-30)16-9-23-4-1-2-5-23/h3,6-8,10-15,18,20,22-23,29,33,35-36H,1-2,4-5,9,16-17,19,21H2/t29-/m0/s1. The Morgan fingerprint density at radius 3 is 2.48 bits per heavy atom. The number of hydrogen-bond acceptors (Lipinski definition) is 7. The van der Waals surface area contributed by atoms with Gasteiger partial charge in [-0.15, -0.1) is 0 Å². The van der Waals surface area contributed by atoms with Gasteiger partial charge in [0.15, 0.2) is 11.7 Å². The molecule has 210 valence electrons. The summed E-state index contributed by atoms with van der Waals surface area (Å²) in [6.45, 7) is 1.11. The molecule has 1 atom stereocenters. The Labute approximate surface area is 235 Å². The van der Waals surface area contributed by atoms with Crippen molar-refractivity contribution >= 4 is 15.7 Å². The van der Waals surface area contributed by atoms with Gasteiger partial charge in [-0.05, 0) is 73.3 Å². The van der Waals surface area contributed by atoms with Gasteiger partial charge in [0.25, 0.3) is 10.0 Å². The molecule has 5 rings (SSSR count). The summed E-state index contributed by atoms with van der Waals surface area (Å²) in [5.74, 6) is 2.17. The molecule has 2 aromatic heterocycles. The molecule has 0 aliphatic heterocycles. The van der Waals surface area contributed by atoms with E-state index in [1.807, 2.05) is 18.2 Å². The fourth-order valence-electron chi connectivity index (χ4n) is 5.10. The fourth-order valence-corrected chi connectivity index (χ4v) is 6.16. The number of aryl methyl sites for hydroxylation is 1. The van der Waals surface area contributed by atoms with Crippen LogP contribution in [0, 0.1) is 5.92 Å². The molecular weight excluding hydrogens is 524 g/mol. The molecule has 1 saturated carbocycles. The van der Waals surface area contributed by atoms with Crippen LogP contribution in [-0.4, -0.2) is 36.6 Å². The van der Waals surface area contributed by atoms with Crippen LogP contribution in [0.15, 0.2) is 88.6 Å². The Bertz CT molecular complexity index is 1450. The molecule has 0 bridgehead atoms. The van der Waals surface area contributed by atoms with Crippen molar-refractivity contribution in [1.29, 1.82) is 0 Å². The predicted molar refractivity (Wildman–Crippen MR) is 155 cm³/mol. The number of anilines is 1. The number of aliphatic hydroxyl groups is 1. The Kier molecular flexibility index (Phi) is 9.26. The van der Waals surface area contributed by atoms with Crippen LogP contribution in [-0.2, 0) is 22.9 Å². The first-order valence-corrected chi connectivity index (χ1v) is 15.4. The van der Waals surface area contributed by atoms with Crippen molar-refractivity contribution in [1.82, 2.24) is 15.3 Å². The SMILES string of the molecule is O=S(=O)(Nc1ccc(CCNC[C@H](O)c2cccnc2)cc1)c1ccc(-c2cnc(CCC3CCCC3)o2)cc1. The van der Waals surface area contributed by atoms with Crippen molar-refractivity contribution in [2.75, 3.05) is 17.8 Å². The van der Waals surface area contributed by atoms with Gasteiger partial charge in [0.2, 0.25) is 0 Å². The lowest BCUT2D eigenvalue weighted by Gasteiger charge is -2.12. The van der Waals surface area contributed by atoms with Crippen LogP contribution in [0.1, 0.15) is 55.2 Å². The molecule has 2 heterocycles. The molecule has 0 unspecified atom stereocenters. The van der Waals surface area contributed by atoms with Crippen molar-refractivity contribution in [3.8, 4) is 11.3 Å². The monoisotopic (exact) mass is 560 g/mol. The summed E-state index contributed by atoms with van der Waals surface area (Å²) in [5.41, 5.74) is 3.13. The number of nitrogens with zero attached hydrogens (tertiary/aromatic N) is 2. The smallest absolute Gasteiger partial charge is 0.261 e. The summed E-state index contributed by atoms with van der Waals surface area (Å²) in [6, 6.07) is 17.6. The topological polar surface area (TPSA) is 117 Å². The maximum absolute atomic E-state index is 13.0. The van der Waals surface area contributed by atoms with Gasteiger partial charge in [0, 0.05) is 42.2 Å². The summed E-state index contributed by atoms with van der Waals surface area (Å²) in [5, 5.41) is 13.5. The summed E-state index contributed by atoms with van der Waals surface area (Å²) in [7, 11) is -3.74. The second-order valence-electron chi connectivity index (χ2n) is 10.4. The maximum Gasteiger partial charge on any atom is 0.261 e. The molecule has 0 amide bonds. The third-order valence-corrected chi connectivity index (χ3v) is 8.84. The molecule has 0 saturated heterocycles. The van der Waals surface area contributed by atoms with Gasteiger partial charge in [-0.1, -0.05) is 43.9 Å².